The summed E-state index contributed by atoms with van der Waals surface area (Å²) in [6, 6.07) is 30.6. The molecule has 0 unspecified atom stereocenters. The Morgan fingerprint density at radius 3 is 2.26 bits per heavy atom. The number of nitrogens with one attached hydrogen (secondary N) is 1. The minimum atomic E-state index is -0.482. The molecule has 5 rings (SSSR count). The van der Waals surface area contributed by atoms with Crippen LogP contribution in [-0.4, -0.2) is 32.7 Å². The van der Waals surface area contributed by atoms with Gasteiger partial charge in [-0.05, 0) is 54.1 Å². The van der Waals surface area contributed by atoms with Gasteiger partial charge in [-0.3, -0.25) is 19.5 Å². The first-order valence-corrected chi connectivity index (χ1v) is 12.9. The summed E-state index contributed by atoms with van der Waals surface area (Å²) in [5, 5.41) is 23.3. The molecule has 1 amide bonds. The molecular weight excluding hydrogens is 514 g/mol. The average Bonchev–Trinajstić information content (AvgIpc) is 3.41. The second-order valence-electron chi connectivity index (χ2n) is 8.45. The average molecular weight is 538 g/mol. The highest BCUT2D eigenvalue weighted by atomic mass is 32.2. The van der Waals surface area contributed by atoms with Gasteiger partial charge in [-0.15, -0.1) is 10.2 Å². The number of amides is 1. The highest BCUT2D eigenvalue weighted by Crippen LogP contribution is 2.30. The van der Waals surface area contributed by atoms with Crippen molar-refractivity contribution in [3.05, 3.63) is 124 Å². The third kappa shape index (κ3) is 5.97. The van der Waals surface area contributed by atoms with Gasteiger partial charge in [0.1, 0.15) is 5.75 Å². The quantitative estimate of drug-likeness (QED) is 0.132. The van der Waals surface area contributed by atoms with E-state index in [1.54, 1.807) is 31.0 Å². The highest BCUT2D eigenvalue weighted by molar-refractivity contribution is 7.98. The molecule has 0 bridgehead atoms. The van der Waals surface area contributed by atoms with Crippen molar-refractivity contribution in [3.63, 3.8) is 0 Å². The van der Waals surface area contributed by atoms with E-state index < -0.39 is 4.92 Å². The summed E-state index contributed by atoms with van der Waals surface area (Å²) in [6.45, 7) is 0. The first-order valence-electron chi connectivity index (χ1n) is 11.9. The predicted octanol–water partition coefficient (Wildman–Crippen LogP) is 6.40. The number of rotatable bonds is 9. The van der Waals surface area contributed by atoms with E-state index in [0.29, 0.717) is 17.0 Å². The fourth-order valence-electron chi connectivity index (χ4n) is 3.87. The van der Waals surface area contributed by atoms with Crippen molar-refractivity contribution < 1.29 is 14.5 Å². The zero-order chi connectivity index (χ0) is 27.2. The van der Waals surface area contributed by atoms with Gasteiger partial charge in [-0.2, -0.15) is 0 Å². The molecule has 194 valence electrons. The molecule has 0 radical (unpaired) electrons. The number of aromatic nitrogens is 3. The smallest absolute Gasteiger partial charge is 0.269 e. The van der Waals surface area contributed by atoms with E-state index in [4.69, 9.17) is 4.74 Å². The van der Waals surface area contributed by atoms with Gasteiger partial charge in [0.05, 0.1) is 12.0 Å². The summed E-state index contributed by atoms with van der Waals surface area (Å²) >= 11 is 1.54. The van der Waals surface area contributed by atoms with Crippen LogP contribution in [0.4, 0.5) is 11.4 Å². The summed E-state index contributed by atoms with van der Waals surface area (Å²) in [6.07, 6.45) is 0. The minimum Gasteiger partial charge on any atom is -0.497 e. The van der Waals surface area contributed by atoms with Crippen LogP contribution < -0.4 is 10.1 Å². The molecule has 10 heteroatoms. The zero-order valence-electron chi connectivity index (χ0n) is 20.9. The number of benzene rings is 4. The maximum Gasteiger partial charge on any atom is 0.269 e. The van der Waals surface area contributed by atoms with Crippen molar-refractivity contribution >= 4 is 29.0 Å². The summed E-state index contributed by atoms with van der Waals surface area (Å²) in [5.74, 6) is 1.82. The Morgan fingerprint density at radius 1 is 0.923 bits per heavy atom. The molecule has 4 aromatic carbocycles. The Kier molecular flexibility index (Phi) is 7.65. The van der Waals surface area contributed by atoms with Crippen LogP contribution in [0.3, 0.4) is 0 Å². The molecule has 0 spiro atoms. The number of carbonyl (C=O) groups excluding carboxylic acids is 1. The van der Waals surface area contributed by atoms with Crippen LogP contribution in [0, 0.1) is 10.1 Å². The van der Waals surface area contributed by atoms with Gasteiger partial charge in [0.25, 0.3) is 11.6 Å². The maximum atomic E-state index is 12.6. The van der Waals surface area contributed by atoms with E-state index in [-0.39, 0.29) is 11.6 Å². The van der Waals surface area contributed by atoms with Gasteiger partial charge >= 0.3 is 0 Å². The number of hydrogen-bond acceptors (Lipinski definition) is 7. The summed E-state index contributed by atoms with van der Waals surface area (Å²) in [7, 11) is 1.63. The molecule has 1 aromatic heterocycles. The molecule has 9 nitrogen and oxygen atoms in total. The fraction of sp³-hybridized carbons (Fsp3) is 0.0690. The lowest BCUT2D eigenvalue weighted by Crippen LogP contribution is -2.11. The monoisotopic (exact) mass is 537 g/mol. The Hall–Kier alpha value is -4.96. The molecule has 1 heterocycles. The fourth-order valence-corrected chi connectivity index (χ4v) is 4.78. The molecule has 0 saturated carbocycles. The Balaban J connectivity index is 1.31. The molecule has 1 N–H and O–H groups in total. The van der Waals surface area contributed by atoms with Gasteiger partial charge in [0.15, 0.2) is 11.0 Å². The second-order valence-corrected chi connectivity index (χ2v) is 9.39. The first kappa shape index (κ1) is 25.7. The summed E-state index contributed by atoms with van der Waals surface area (Å²) in [4.78, 5) is 23.0. The Labute approximate surface area is 228 Å². The standard InChI is InChI=1S/C29H23N5O4S/c1-38-26-17-15-24(16-18-26)33-27(21-5-3-2-4-6-21)31-32-29(33)39-19-20-7-9-22(10-8-20)28(35)30-23-11-13-25(14-12-23)34(36)37/h2-18H,19H2,1H3,(H,30,35). The number of ether oxygens (including phenoxy) is 1. The van der Waals surface area contributed by atoms with Crippen LogP contribution in [0.1, 0.15) is 15.9 Å². The molecule has 0 atom stereocenters. The topological polar surface area (TPSA) is 112 Å². The minimum absolute atomic E-state index is 0.0337. The molecule has 39 heavy (non-hydrogen) atoms. The number of nitro groups is 1. The van der Waals surface area contributed by atoms with Crippen LogP contribution >= 0.6 is 11.8 Å². The zero-order valence-corrected chi connectivity index (χ0v) is 21.7. The second kappa shape index (κ2) is 11.6. The van der Waals surface area contributed by atoms with E-state index in [0.717, 1.165) is 33.5 Å². The Morgan fingerprint density at radius 2 is 1.62 bits per heavy atom. The lowest BCUT2D eigenvalue weighted by atomic mass is 10.1. The van der Waals surface area contributed by atoms with Crippen molar-refractivity contribution in [1.82, 2.24) is 14.8 Å². The third-order valence-electron chi connectivity index (χ3n) is 5.92. The van der Waals surface area contributed by atoms with E-state index >= 15 is 0 Å². The molecule has 0 saturated heterocycles. The van der Waals surface area contributed by atoms with Crippen molar-refractivity contribution in [2.75, 3.05) is 12.4 Å². The number of non-ortho nitro benzene ring substituents is 1. The lowest BCUT2D eigenvalue weighted by molar-refractivity contribution is -0.384. The summed E-state index contributed by atoms with van der Waals surface area (Å²) < 4.78 is 7.33. The van der Waals surface area contributed by atoms with Gasteiger partial charge < -0.3 is 10.1 Å². The van der Waals surface area contributed by atoms with Crippen LogP contribution in [0.15, 0.2) is 108 Å². The van der Waals surface area contributed by atoms with Crippen LogP contribution in [0.2, 0.25) is 0 Å². The highest BCUT2D eigenvalue weighted by Gasteiger charge is 2.17. The number of hydrogen-bond donors (Lipinski definition) is 1. The SMILES string of the molecule is COc1ccc(-n2c(SCc3ccc(C(=O)Nc4ccc([N+](=O)[O-])cc4)cc3)nnc2-c2ccccc2)cc1. The first-order chi connectivity index (χ1) is 19.0. The molecule has 0 fully saturated rings. The van der Waals surface area contributed by atoms with Gasteiger partial charge in [-0.1, -0.05) is 54.2 Å². The Bertz CT molecular complexity index is 1590. The molecule has 0 aliphatic heterocycles. The number of thioether (sulfide) groups is 1. The summed E-state index contributed by atoms with van der Waals surface area (Å²) in [5.41, 5.74) is 3.81. The van der Waals surface area contributed by atoms with Crippen LogP contribution in [0.25, 0.3) is 17.1 Å². The van der Waals surface area contributed by atoms with Crippen LogP contribution in [0.5, 0.6) is 5.75 Å². The van der Waals surface area contributed by atoms with E-state index in [2.05, 4.69) is 15.5 Å². The number of carbonyl (C=O) groups is 1. The van der Waals surface area contributed by atoms with Crippen molar-refractivity contribution in [2.45, 2.75) is 10.9 Å². The molecular formula is C29H23N5O4S. The van der Waals surface area contributed by atoms with Gasteiger partial charge in [0, 0.05) is 40.4 Å². The largest absolute Gasteiger partial charge is 0.497 e. The van der Waals surface area contributed by atoms with E-state index in [1.807, 2.05) is 71.3 Å². The number of nitro benzene ring substituents is 1. The number of nitrogens with zero attached hydrogens (tertiary/aromatic N) is 4. The maximum absolute atomic E-state index is 12.6. The van der Waals surface area contributed by atoms with Crippen LogP contribution in [-0.2, 0) is 5.75 Å². The third-order valence-corrected chi connectivity index (χ3v) is 6.92. The molecule has 5 aromatic rings. The van der Waals surface area contributed by atoms with Crippen molar-refractivity contribution in [3.8, 4) is 22.8 Å². The van der Waals surface area contributed by atoms with E-state index in [9.17, 15) is 14.9 Å². The number of methoxy groups -OCH3 is 1. The van der Waals surface area contributed by atoms with Gasteiger partial charge in [0.2, 0.25) is 0 Å². The number of anilines is 1. The molecule has 0 aliphatic rings. The predicted molar refractivity (Wildman–Crippen MR) is 150 cm³/mol. The van der Waals surface area contributed by atoms with Gasteiger partial charge in [-0.25, -0.2) is 0 Å². The van der Waals surface area contributed by atoms with Crippen molar-refractivity contribution in [2.24, 2.45) is 0 Å². The van der Waals surface area contributed by atoms with E-state index in [1.165, 1.54) is 24.3 Å². The van der Waals surface area contributed by atoms with Crippen molar-refractivity contribution in [1.29, 1.82) is 0 Å². The normalized spacial score (nSPS) is 10.7. The molecule has 0 aliphatic carbocycles. The lowest BCUT2D eigenvalue weighted by Gasteiger charge is -2.11.